The van der Waals surface area contributed by atoms with Gasteiger partial charge in [0.1, 0.15) is 0 Å². The lowest BCUT2D eigenvalue weighted by atomic mass is 9.85. The summed E-state index contributed by atoms with van der Waals surface area (Å²) >= 11 is 0. The average Bonchev–Trinajstić information content (AvgIpc) is 2.51. The van der Waals surface area contributed by atoms with E-state index in [1.165, 1.54) is 5.56 Å². The molecule has 24 heavy (non-hydrogen) atoms. The van der Waals surface area contributed by atoms with E-state index in [-0.39, 0.29) is 24.1 Å². The topological polar surface area (TPSA) is 64.6 Å². The number of benzene rings is 1. The van der Waals surface area contributed by atoms with E-state index in [9.17, 15) is 9.90 Å². The monoisotopic (exact) mass is 335 g/mol. The first-order valence-corrected chi connectivity index (χ1v) is 8.61. The first kappa shape index (κ1) is 20.5. The van der Waals surface area contributed by atoms with E-state index in [1.54, 1.807) is 0 Å². The molecule has 0 aliphatic heterocycles. The second kappa shape index (κ2) is 9.04. The minimum atomic E-state index is -0.403. The molecule has 0 saturated heterocycles. The van der Waals surface area contributed by atoms with Gasteiger partial charge in [-0.1, -0.05) is 45.0 Å². The van der Waals surface area contributed by atoms with Crippen molar-refractivity contribution in [3.8, 4) is 0 Å². The molecule has 2 amide bonds. The Hall–Kier alpha value is -1.59. The zero-order valence-corrected chi connectivity index (χ0v) is 15.9. The minimum Gasteiger partial charge on any atom is -0.394 e. The first-order valence-electron chi connectivity index (χ1n) is 8.61. The number of urea groups is 1. The van der Waals surface area contributed by atoms with E-state index in [4.69, 9.17) is 0 Å². The second-order valence-corrected chi connectivity index (χ2v) is 7.40. The molecule has 0 saturated carbocycles. The van der Waals surface area contributed by atoms with E-state index >= 15 is 0 Å². The molecule has 0 spiro atoms. The normalized spacial score (nSPS) is 14.3. The maximum Gasteiger partial charge on any atom is 0.315 e. The fraction of sp³-hybridized carbons (Fsp3) is 0.632. The number of aryl methyl sites for hydroxylation is 1. The summed E-state index contributed by atoms with van der Waals surface area (Å²) in [7, 11) is 4.05. The van der Waals surface area contributed by atoms with Crippen LogP contribution in [0.3, 0.4) is 0 Å². The Kier molecular flexibility index (Phi) is 7.70. The van der Waals surface area contributed by atoms with Gasteiger partial charge in [0.2, 0.25) is 0 Å². The summed E-state index contributed by atoms with van der Waals surface area (Å²) in [5, 5.41) is 15.5. The Morgan fingerprint density at radius 1 is 1.21 bits per heavy atom. The van der Waals surface area contributed by atoms with Crippen molar-refractivity contribution in [2.45, 2.75) is 46.2 Å². The lowest BCUT2D eigenvalue weighted by molar-refractivity contribution is 0.174. The van der Waals surface area contributed by atoms with Crippen molar-refractivity contribution in [2.75, 3.05) is 27.2 Å². The van der Waals surface area contributed by atoms with Crippen LogP contribution in [0.5, 0.6) is 0 Å². The van der Waals surface area contributed by atoms with E-state index in [0.29, 0.717) is 0 Å². The zero-order chi connectivity index (χ0) is 18.3. The number of amides is 2. The molecule has 0 radical (unpaired) electrons. The summed E-state index contributed by atoms with van der Waals surface area (Å²) in [6.07, 6.45) is 0.969. The molecule has 0 heterocycles. The van der Waals surface area contributed by atoms with Crippen molar-refractivity contribution in [2.24, 2.45) is 5.41 Å². The van der Waals surface area contributed by atoms with Gasteiger partial charge >= 0.3 is 6.03 Å². The SMILES string of the molecule is CCc1ccc(C(CO)NC(=O)NC(C)C(C)(C)CN(C)C)cc1. The third kappa shape index (κ3) is 6.13. The number of rotatable bonds is 8. The predicted molar refractivity (Wildman–Crippen MR) is 99.1 cm³/mol. The summed E-state index contributed by atoms with van der Waals surface area (Å²) in [5.74, 6) is 0. The number of aliphatic hydroxyl groups is 1. The molecule has 0 aliphatic carbocycles. The lowest BCUT2D eigenvalue weighted by Crippen LogP contribution is -2.51. The lowest BCUT2D eigenvalue weighted by Gasteiger charge is -2.35. The van der Waals surface area contributed by atoms with Gasteiger partial charge in [0.05, 0.1) is 12.6 Å². The second-order valence-electron chi connectivity index (χ2n) is 7.40. The molecule has 2 atom stereocenters. The minimum absolute atomic E-state index is 0.00158. The van der Waals surface area contributed by atoms with Crippen LogP contribution in [-0.2, 0) is 6.42 Å². The molecule has 1 aromatic rings. The molecular weight excluding hydrogens is 302 g/mol. The fourth-order valence-corrected chi connectivity index (χ4v) is 2.76. The molecule has 1 rings (SSSR count). The van der Waals surface area contributed by atoms with Crippen LogP contribution in [0.4, 0.5) is 4.79 Å². The van der Waals surface area contributed by atoms with Crippen molar-refractivity contribution in [1.82, 2.24) is 15.5 Å². The van der Waals surface area contributed by atoms with Gasteiger partial charge in [-0.25, -0.2) is 4.79 Å². The van der Waals surface area contributed by atoms with E-state index in [0.717, 1.165) is 18.5 Å². The molecule has 5 heteroatoms. The van der Waals surface area contributed by atoms with Crippen LogP contribution in [0.1, 0.15) is 44.9 Å². The van der Waals surface area contributed by atoms with E-state index < -0.39 is 6.04 Å². The number of carbonyl (C=O) groups is 1. The quantitative estimate of drug-likeness (QED) is 0.684. The summed E-state index contributed by atoms with van der Waals surface area (Å²) in [6, 6.07) is 7.31. The van der Waals surface area contributed by atoms with Gasteiger partial charge < -0.3 is 20.6 Å². The molecule has 136 valence electrons. The number of hydrogen-bond donors (Lipinski definition) is 3. The molecule has 0 aromatic heterocycles. The Labute approximate surface area is 146 Å². The van der Waals surface area contributed by atoms with Crippen LogP contribution in [0, 0.1) is 5.41 Å². The number of aliphatic hydroxyl groups excluding tert-OH is 1. The van der Waals surface area contributed by atoms with Crippen LogP contribution in [0.25, 0.3) is 0 Å². The smallest absolute Gasteiger partial charge is 0.315 e. The molecule has 2 unspecified atom stereocenters. The molecule has 1 aromatic carbocycles. The van der Waals surface area contributed by atoms with Gasteiger partial charge in [-0.05, 0) is 44.0 Å². The third-order valence-corrected chi connectivity index (χ3v) is 4.52. The zero-order valence-electron chi connectivity index (χ0n) is 15.9. The van der Waals surface area contributed by atoms with Gasteiger partial charge in [-0.3, -0.25) is 0 Å². The number of carbonyl (C=O) groups excluding carboxylic acids is 1. The number of nitrogens with zero attached hydrogens (tertiary/aromatic N) is 1. The van der Waals surface area contributed by atoms with Crippen molar-refractivity contribution in [3.63, 3.8) is 0 Å². The van der Waals surface area contributed by atoms with Gasteiger partial charge in [0.15, 0.2) is 0 Å². The highest BCUT2D eigenvalue weighted by Gasteiger charge is 2.28. The largest absolute Gasteiger partial charge is 0.394 e. The first-order chi connectivity index (χ1) is 11.2. The Morgan fingerprint density at radius 2 is 1.79 bits per heavy atom. The molecule has 0 bridgehead atoms. The molecule has 3 N–H and O–H groups in total. The molecular formula is C19H33N3O2. The standard InChI is InChI=1S/C19H33N3O2/c1-7-15-8-10-16(11-9-15)17(12-23)21-18(24)20-14(2)19(3,4)13-22(5)6/h8-11,14,17,23H,7,12-13H2,1-6H3,(H2,20,21,24). The van der Waals surface area contributed by atoms with Crippen molar-refractivity contribution in [1.29, 1.82) is 0 Å². The van der Waals surface area contributed by atoms with E-state index in [2.05, 4.69) is 36.3 Å². The van der Waals surface area contributed by atoms with Gasteiger partial charge in [0, 0.05) is 12.6 Å². The van der Waals surface area contributed by atoms with Crippen LogP contribution in [-0.4, -0.2) is 49.3 Å². The summed E-state index contributed by atoms with van der Waals surface area (Å²) < 4.78 is 0. The van der Waals surface area contributed by atoms with Crippen LogP contribution < -0.4 is 10.6 Å². The maximum atomic E-state index is 12.3. The number of hydrogen-bond acceptors (Lipinski definition) is 3. The molecule has 5 nitrogen and oxygen atoms in total. The van der Waals surface area contributed by atoms with Crippen LogP contribution >= 0.6 is 0 Å². The predicted octanol–water partition coefficient (Wildman–Crippen LogP) is 2.56. The summed E-state index contributed by atoms with van der Waals surface area (Å²) in [5.41, 5.74) is 2.09. The van der Waals surface area contributed by atoms with Crippen LogP contribution in [0.15, 0.2) is 24.3 Å². The Bertz CT molecular complexity index is 512. The van der Waals surface area contributed by atoms with Gasteiger partial charge in [-0.2, -0.15) is 0 Å². The molecule has 0 aliphatic rings. The average molecular weight is 335 g/mol. The molecule has 0 fully saturated rings. The highest BCUT2D eigenvalue weighted by atomic mass is 16.3. The Morgan fingerprint density at radius 3 is 2.25 bits per heavy atom. The van der Waals surface area contributed by atoms with Crippen LogP contribution in [0.2, 0.25) is 0 Å². The fourth-order valence-electron chi connectivity index (χ4n) is 2.76. The highest BCUT2D eigenvalue weighted by Crippen LogP contribution is 2.21. The number of nitrogens with one attached hydrogen (secondary N) is 2. The van der Waals surface area contributed by atoms with Crippen molar-refractivity contribution >= 4 is 6.03 Å². The van der Waals surface area contributed by atoms with Gasteiger partial charge in [-0.15, -0.1) is 0 Å². The Balaban J connectivity index is 2.66. The van der Waals surface area contributed by atoms with E-state index in [1.807, 2.05) is 45.3 Å². The summed E-state index contributed by atoms with van der Waals surface area (Å²) in [4.78, 5) is 14.4. The third-order valence-electron chi connectivity index (χ3n) is 4.52. The van der Waals surface area contributed by atoms with Crippen molar-refractivity contribution in [3.05, 3.63) is 35.4 Å². The summed E-state index contributed by atoms with van der Waals surface area (Å²) in [6.45, 7) is 9.11. The highest BCUT2D eigenvalue weighted by molar-refractivity contribution is 5.74. The maximum absolute atomic E-state index is 12.3. The van der Waals surface area contributed by atoms with Gasteiger partial charge in [0.25, 0.3) is 0 Å². The van der Waals surface area contributed by atoms with Crippen molar-refractivity contribution < 1.29 is 9.90 Å².